The molecule has 1 fully saturated rings. The summed E-state index contributed by atoms with van der Waals surface area (Å²) in [5.74, 6) is 0.664. The summed E-state index contributed by atoms with van der Waals surface area (Å²) in [7, 11) is 0. The summed E-state index contributed by atoms with van der Waals surface area (Å²) in [6.45, 7) is 2.94. The van der Waals surface area contributed by atoms with Gasteiger partial charge in [-0.25, -0.2) is 9.97 Å². The maximum atomic E-state index is 12.3. The zero-order valence-corrected chi connectivity index (χ0v) is 13.0. The normalized spacial score (nSPS) is 17.3. The van der Waals surface area contributed by atoms with E-state index in [4.69, 9.17) is 9.26 Å². The predicted molar refractivity (Wildman–Crippen MR) is 79.4 cm³/mol. The van der Waals surface area contributed by atoms with E-state index in [9.17, 15) is 4.79 Å². The van der Waals surface area contributed by atoms with Gasteiger partial charge in [0.05, 0.1) is 17.8 Å². The molecule has 3 rings (SSSR count). The largest absolute Gasteiger partial charge is 0.368 e. The molecule has 1 amide bonds. The summed E-state index contributed by atoms with van der Waals surface area (Å²) >= 11 is 0. The van der Waals surface area contributed by atoms with E-state index in [0.717, 1.165) is 31.4 Å². The lowest BCUT2D eigenvalue weighted by Crippen LogP contribution is -2.25. The number of aryl methyl sites for hydroxylation is 1. The number of rotatable bonds is 6. The van der Waals surface area contributed by atoms with Gasteiger partial charge in [0.25, 0.3) is 11.8 Å². The predicted octanol–water partition coefficient (Wildman–Crippen LogP) is 1.59. The Balaban J connectivity index is 1.61. The third-order valence-corrected chi connectivity index (χ3v) is 3.62. The molecule has 0 radical (unpaired) electrons. The van der Waals surface area contributed by atoms with Crippen molar-refractivity contribution >= 4 is 5.91 Å². The molecule has 1 saturated heterocycles. The van der Waals surface area contributed by atoms with Crippen LogP contribution < -0.4 is 5.32 Å². The van der Waals surface area contributed by atoms with Crippen molar-refractivity contribution in [3.63, 3.8) is 0 Å². The second kappa shape index (κ2) is 7.28. The Kier molecular flexibility index (Phi) is 4.92. The van der Waals surface area contributed by atoms with Gasteiger partial charge in [-0.2, -0.15) is 4.98 Å². The molecule has 2 aromatic heterocycles. The topological polar surface area (TPSA) is 103 Å². The number of carbonyl (C=O) groups is 1. The van der Waals surface area contributed by atoms with Crippen molar-refractivity contribution in [2.45, 2.75) is 45.3 Å². The van der Waals surface area contributed by atoms with Gasteiger partial charge in [0.1, 0.15) is 12.4 Å². The third kappa shape index (κ3) is 3.70. The fourth-order valence-corrected chi connectivity index (χ4v) is 2.48. The van der Waals surface area contributed by atoms with Crippen LogP contribution in [0.5, 0.6) is 0 Å². The fraction of sp³-hybridized carbons (Fsp3) is 0.533. The minimum atomic E-state index is -0.238. The number of amides is 1. The van der Waals surface area contributed by atoms with E-state index in [-0.39, 0.29) is 18.6 Å². The molecule has 0 saturated carbocycles. The molecule has 8 nitrogen and oxygen atoms in total. The van der Waals surface area contributed by atoms with E-state index in [1.54, 1.807) is 0 Å². The summed E-state index contributed by atoms with van der Waals surface area (Å²) in [4.78, 5) is 24.6. The summed E-state index contributed by atoms with van der Waals surface area (Å²) < 4.78 is 10.7. The molecule has 8 heteroatoms. The summed E-state index contributed by atoms with van der Waals surface area (Å²) in [5, 5.41) is 6.65. The van der Waals surface area contributed by atoms with Crippen LogP contribution in [-0.2, 0) is 17.7 Å². The molecule has 1 unspecified atom stereocenters. The number of nitrogens with zero attached hydrogens (tertiary/aromatic N) is 4. The first-order valence-corrected chi connectivity index (χ1v) is 7.79. The molecule has 0 spiro atoms. The average Bonchev–Trinajstić information content (AvgIpc) is 3.24. The van der Waals surface area contributed by atoms with E-state index in [1.807, 2.05) is 6.92 Å². The average molecular weight is 317 g/mol. The quantitative estimate of drug-likeness (QED) is 0.863. The van der Waals surface area contributed by atoms with Crippen LogP contribution in [0.2, 0.25) is 0 Å². The maximum absolute atomic E-state index is 12.3. The highest BCUT2D eigenvalue weighted by atomic mass is 16.5. The van der Waals surface area contributed by atoms with Crippen LogP contribution in [0.25, 0.3) is 0 Å². The molecule has 23 heavy (non-hydrogen) atoms. The van der Waals surface area contributed by atoms with Gasteiger partial charge in [-0.1, -0.05) is 18.5 Å². The molecule has 1 aliphatic heterocycles. The van der Waals surface area contributed by atoms with Crippen LogP contribution in [-0.4, -0.2) is 32.6 Å². The van der Waals surface area contributed by atoms with Crippen molar-refractivity contribution in [2.24, 2.45) is 0 Å². The molecule has 3 heterocycles. The Morgan fingerprint density at radius 3 is 3.17 bits per heavy atom. The molecule has 1 aliphatic rings. The highest BCUT2D eigenvalue weighted by Gasteiger charge is 2.24. The van der Waals surface area contributed by atoms with Gasteiger partial charge >= 0.3 is 0 Å². The van der Waals surface area contributed by atoms with E-state index in [2.05, 4.69) is 25.4 Å². The van der Waals surface area contributed by atoms with Crippen LogP contribution in [0.4, 0.5) is 0 Å². The zero-order valence-electron chi connectivity index (χ0n) is 13.0. The van der Waals surface area contributed by atoms with E-state index in [0.29, 0.717) is 23.9 Å². The van der Waals surface area contributed by atoms with Crippen molar-refractivity contribution in [2.75, 3.05) is 6.61 Å². The van der Waals surface area contributed by atoms with Crippen molar-refractivity contribution in [1.29, 1.82) is 0 Å². The fourth-order valence-electron chi connectivity index (χ4n) is 2.48. The number of hydrogen-bond acceptors (Lipinski definition) is 7. The maximum Gasteiger partial charge on any atom is 0.255 e. The van der Waals surface area contributed by atoms with Gasteiger partial charge in [0.15, 0.2) is 5.82 Å². The summed E-state index contributed by atoms with van der Waals surface area (Å²) in [5.41, 5.74) is 1.23. The molecule has 0 aliphatic carbocycles. The smallest absolute Gasteiger partial charge is 0.255 e. The van der Waals surface area contributed by atoms with Gasteiger partial charge in [0.2, 0.25) is 0 Å². The van der Waals surface area contributed by atoms with Crippen LogP contribution >= 0.6 is 0 Å². The first-order chi connectivity index (χ1) is 11.3. The van der Waals surface area contributed by atoms with Crippen LogP contribution in [0.15, 0.2) is 17.0 Å². The molecule has 1 N–H and O–H groups in total. The minimum absolute atomic E-state index is 0.120. The Hall–Kier alpha value is -2.35. The SMILES string of the molecule is CCCc1ncncc1C(=O)NCc1noc(C2CCCO2)n1. The standard InChI is InChI=1S/C15H19N5O3/c1-2-4-11-10(7-16-9-18-11)14(21)17-8-13-19-15(23-20-13)12-5-3-6-22-12/h7,9,12H,2-6,8H2,1H3,(H,17,21). The van der Waals surface area contributed by atoms with Crippen LogP contribution in [0.1, 0.15) is 60.1 Å². The number of hydrogen-bond donors (Lipinski definition) is 1. The number of ether oxygens (including phenoxy) is 1. The van der Waals surface area contributed by atoms with Crippen molar-refractivity contribution in [1.82, 2.24) is 25.4 Å². The summed E-state index contributed by atoms with van der Waals surface area (Å²) in [6.07, 6.45) is 6.38. The van der Waals surface area contributed by atoms with Gasteiger partial charge in [-0.05, 0) is 19.3 Å². The lowest BCUT2D eigenvalue weighted by atomic mass is 10.1. The lowest BCUT2D eigenvalue weighted by Gasteiger charge is -2.06. The van der Waals surface area contributed by atoms with Gasteiger partial charge in [-0.3, -0.25) is 4.79 Å². The van der Waals surface area contributed by atoms with E-state index in [1.165, 1.54) is 12.5 Å². The van der Waals surface area contributed by atoms with Crippen molar-refractivity contribution in [3.8, 4) is 0 Å². The highest BCUT2D eigenvalue weighted by molar-refractivity contribution is 5.94. The monoisotopic (exact) mass is 317 g/mol. The Bertz CT molecular complexity index is 667. The van der Waals surface area contributed by atoms with Crippen molar-refractivity contribution < 1.29 is 14.1 Å². The van der Waals surface area contributed by atoms with Gasteiger partial charge in [0, 0.05) is 12.8 Å². The molecular formula is C15H19N5O3. The molecule has 0 aromatic carbocycles. The molecule has 1 atom stereocenters. The molecule has 2 aromatic rings. The lowest BCUT2D eigenvalue weighted by molar-refractivity contribution is 0.0835. The van der Waals surface area contributed by atoms with E-state index >= 15 is 0 Å². The summed E-state index contributed by atoms with van der Waals surface area (Å²) in [6, 6.07) is 0. The zero-order chi connectivity index (χ0) is 16.1. The Labute approximate surface area is 133 Å². The van der Waals surface area contributed by atoms with Crippen LogP contribution in [0.3, 0.4) is 0 Å². The molecular weight excluding hydrogens is 298 g/mol. The Morgan fingerprint density at radius 2 is 2.39 bits per heavy atom. The third-order valence-electron chi connectivity index (χ3n) is 3.62. The van der Waals surface area contributed by atoms with Gasteiger partial charge in [-0.15, -0.1) is 0 Å². The minimum Gasteiger partial charge on any atom is -0.368 e. The highest BCUT2D eigenvalue weighted by Crippen LogP contribution is 2.26. The first kappa shape index (κ1) is 15.5. The molecule has 0 bridgehead atoms. The van der Waals surface area contributed by atoms with Gasteiger partial charge < -0.3 is 14.6 Å². The molecule has 122 valence electrons. The number of aromatic nitrogens is 4. The van der Waals surface area contributed by atoms with E-state index < -0.39 is 0 Å². The first-order valence-electron chi connectivity index (χ1n) is 7.79. The van der Waals surface area contributed by atoms with Crippen LogP contribution in [0, 0.1) is 0 Å². The Morgan fingerprint density at radius 1 is 1.48 bits per heavy atom. The number of carbonyl (C=O) groups excluding carboxylic acids is 1. The van der Waals surface area contributed by atoms with Crippen molar-refractivity contribution in [3.05, 3.63) is 35.5 Å². The second-order valence-electron chi connectivity index (χ2n) is 5.37. The number of nitrogens with one attached hydrogen (secondary N) is 1. The second-order valence-corrected chi connectivity index (χ2v) is 5.37.